The molecule has 1 aliphatic heterocycles. The van der Waals surface area contributed by atoms with Crippen LogP contribution >= 0.6 is 0 Å². The molecule has 5 heteroatoms. The second-order valence-electron chi connectivity index (χ2n) is 5.59. The van der Waals surface area contributed by atoms with Crippen molar-refractivity contribution in [3.63, 3.8) is 0 Å². The van der Waals surface area contributed by atoms with Gasteiger partial charge in [-0.1, -0.05) is 0 Å². The molecule has 1 atom stereocenters. The smallest absolute Gasteiger partial charge is 0.193 e. The first-order chi connectivity index (χ1) is 8.63. The zero-order valence-electron chi connectivity index (χ0n) is 11.5. The van der Waals surface area contributed by atoms with Crippen molar-refractivity contribution in [1.82, 2.24) is 10.2 Å². The van der Waals surface area contributed by atoms with Crippen LogP contribution in [0.2, 0.25) is 0 Å². The van der Waals surface area contributed by atoms with Crippen molar-refractivity contribution in [3.05, 3.63) is 0 Å². The van der Waals surface area contributed by atoms with E-state index in [-0.39, 0.29) is 0 Å². The van der Waals surface area contributed by atoms with E-state index in [0.29, 0.717) is 12.5 Å². The zero-order chi connectivity index (χ0) is 13.0. The van der Waals surface area contributed by atoms with Crippen molar-refractivity contribution in [2.75, 3.05) is 40.4 Å². The molecule has 1 saturated carbocycles. The minimum atomic E-state index is -0.507. The summed E-state index contributed by atoms with van der Waals surface area (Å²) in [4.78, 5) is 6.40. The predicted molar refractivity (Wildman–Crippen MR) is 71.7 cm³/mol. The van der Waals surface area contributed by atoms with Gasteiger partial charge in [0.2, 0.25) is 0 Å². The molecule has 104 valence electrons. The van der Waals surface area contributed by atoms with Crippen LogP contribution < -0.4 is 5.32 Å². The molecular formula is C13H25N3O2. The molecule has 0 radical (unpaired) electrons. The highest BCUT2D eigenvalue weighted by Crippen LogP contribution is 2.30. The van der Waals surface area contributed by atoms with E-state index in [1.165, 1.54) is 0 Å². The fourth-order valence-electron chi connectivity index (χ4n) is 2.59. The Balaban J connectivity index is 1.76. The Bertz CT molecular complexity index is 297. The summed E-state index contributed by atoms with van der Waals surface area (Å²) in [6.07, 6.45) is 4.06. The van der Waals surface area contributed by atoms with Gasteiger partial charge in [-0.2, -0.15) is 0 Å². The van der Waals surface area contributed by atoms with Crippen LogP contribution in [0.25, 0.3) is 0 Å². The maximum Gasteiger partial charge on any atom is 0.193 e. The summed E-state index contributed by atoms with van der Waals surface area (Å²) in [6.45, 7) is 3.29. The molecule has 0 aromatic carbocycles. The van der Waals surface area contributed by atoms with Crippen molar-refractivity contribution in [2.24, 2.45) is 10.9 Å². The van der Waals surface area contributed by atoms with Crippen molar-refractivity contribution in [2.45, 2.75) is 31.3 Å². The summed E-state index contributed by atoms with van der Waals surface area (Å²) in [6, 6.07) is 0. The first-order valence-corrected chi connectivity index (χ1v) is 6.85. The summed E-state index contributed by atoms with van der Waals surface area (Å²) in [5, 5.41) is 13.3. The Morgan fingerprint density at radius 1 is 1.56 bits per heavy atom. The molecule has 2 rings (SSSR count). The lowest BCUT2D eigenvalue weighted by molar-refractivity contribution is -0.0282. The van der Waals surface area contributed by atoms with E-state index < -0.39 is 5.60 Å². The van der Waals surface area contributed by atoms with Crippen molar-refractivity contribution in [1.29, 1.82) is 0 Å². The van der Waals surface area contributed by atoms with Gasteiger partial charge < -0.3 is 20.1 Å². The first kappa shape index (κ1) is 13.6. The molecule has 0 amide bonds. The molecule has 1 saturated heterocycles. The van der Waals surface area contributed by atoms with E-state index in [0.717, 1.165) is 51.4 Å². The van der Waals surface area contributed by atoms with Crippen molar-refractivity contribution >= 4 is 5.96 Å². The number of rotatable bonds is 4. The molecule has 2 aliphatic rings. The average molecular weight is 255 g/mol. The van der Waals surface area contributed by atoms with Crippen molar-refractivity contribution < 1.29 is 9.84 Å². The van der Waals surface area contributed by atoms with Crippen LogP contribution in [0.1, 0.15) is 25.7 Å². The minimum absolute atomic E-state index is 0.507. The lowest BCUT2D eigenvalue weighted by Crippen LogP contribution is -2.51. The topological polar surface area (TPSA) is 57.1 Å². The largest absolute Gasteiger partial charge is 0.388 e. The Hall–Kier alpha value is -0.810. The highest BCUT2D eigenvalue weighted by molar-refractivity contribution is 5.79. The second kappa shape index (κ2) is 5.89. The Kier molecular flexibility index (Phi) is 4.45. The van der Waals surface area contributed by atoms with Crippen molar-refractivity contribution in [3.8, 4) is 0 Å². The van der Waals surface area contributed by atoms with Gasteiger partial charge in [-0.05, 0) is 25.7 Å². The zero-order valence-corrected chi connectivity index (χ0v) is 11.5. The van der Waals surface area contributed by atoms with Gasteiger partial charge in [0.15, 0.2) is 5.96 Å². The third kappa shape index (κ3) is 3.36. The van der Waals surface area contributed by atoms with Gasteiger partial charge in [0, 0.05) is 39.7 Å². The van der Waals surface area contributed by atoms with Crippen LogP contribution in [0, 0.1) is 5.92 Å². The summed E-state index contributed by atoms with van der Waals surface area (Å²) < 4.78 is 5.39. The Morgan fingerprint density at radius 2 is 2.33 bits per heavy atom. The maximum absolute atomic E-state index is 10.1. The fourth-order valence-corrected chi connectivity index (χ4v) is 2.59. The number of hydrogen-bond donors (Lipinski definition) is 2. The number of hydrogen-bond acceptors (Lipinski definition) is 3. The molecule has 0 aromatic heterocycles. The third-order valence-electron chi connectivity index (χ3n) is 3.99. The molecular weight excluding hydrogens is 230 g/mol. The fraction of sp³-hybridized carbons (Fsp3) is 0.923. The molecule has 18 heavy (non-hydrogen) atoms. The molecule has 2 N–H and O–H groups in total. The SMILES string of the molecule is CN=C(NCC1(O)CCC1)N(C)CC1CCOC1. The molecule has 1 unspecified atom stereocenters. The number of aliphatic hydroxyl groups is 1. The number of aliphatic imine (C=N–C) groups is 1. The number of ether oxygens (including phenoxy) is 1. The summed E-state index contributed by atoms with van der Waals surface area (Å²) >= 11 is 0. The van der Waals surface area contributed by atoms with Crippen LogP contribution in [0.5, 0.6) is 0 Å². The normalized spacial score (nSPS) is 26.8. The molecule has 1 heterocycles. The molecule has 0 spiro atoms. The van der Waals surface area contributed by atoms with Gasteiger partial charge in [-0.3, -0.25) is 4.99 Å². The average Bonchev–Trinajstić information content (AvgIpc) is 2.80. The quantitative estimate of drug-likeness (QED) is 0.565. The van der Waals surface area contributed by atoms with Crippen LogP contribution in [-0.4, -0.2) is 62.0 Å². The van der Waals surface area contributed by atoms with E-state index in [1.807, 2.05) is 7.05 Å². The van der Waals surface area contributed by atoms with E-state index in [2.05, 4.69) is 15.2 Å². The molecule has 0 aromatic rings. The van der Waals surface area contributed by atoms with Gasteiger partial charge in [0.25, 0.3) is 0 Å². The second-order valence-corrected chi connectivity index (χ2v) is 5.59. The van der Waals surface area contributed by atoms with Crippen LogP contribution in [-0.2, 0) is 4.74 Å². The van der Waals surface area contributed by atoms with E-state index >= 15 is 0 Å². The number of nitrogens with zero attached hydrogens (tertiary/aromatic N) is 2. The molecule has 2 fully saturated rings. The van der Waals surface area contributed by atoms with Gasteiger partial charge in [0.05, 0.1) is 12.2 Å². The number of nitrogens with one attached hydrogen (secondary N) is 1. The minimum Gasteiger partial charge on any atom is -0.388 e. The van der Waals surface area contributed by atoms with E-state index in [4.69, 9.17) is 4.74 Å². The molecule has 1 aliphatic carbocycles. The monoisotopic (exact) mass is 255 g/mol. The molecule has 5 nitrogen and oxygen atoms in total. The van der Waals surface area contributed by atoms with Crippen LogP contribution in [0.4, 0.5) is 0 Å². The predicted octanol–water partition coefficient (Wildman–Crippen LogP) is 0.445. The van der Waals surface area contributed by atoms with Gasteiger partial charge in [-0.25, -0.2) is 0 Å². The molecule has 0 bridgehead atoms. The van der Waals surface area contributed by atoms with Gasteiger partial charge in [0.1, 0.15) is 0 Å². The number of guanidine groups is 1. The lowest BCUT2D eigenvalue weighted by atomic mass is 9.80. The standard InChI is InChI=1S/C13H25N3O2/c1-14-12(15-10-13(17)5-3-6-13)16(2)8-11-4-7-18-9-11/h11,17H,3-10H2,1-2H3,(H,14,15). The first-order valence-electron chi connectivity index (χ1n) is 6.85. The van der Waals surface area contributed by atoms with Gasteiger partial charge in [-0.15, -0.1) is 0 Å². The maximum atomic E-state index is 10.1. The van der Waals surface area contributed by atoms with Crippen LogP contribution in [0.15, 0.2) is 4.99 Å². The van der Waals surface area contributed by atoms with Crippen LogP contribution in [0.3, 0.4) is 0 Å². The third-order valence-corrected chi connectivity index (χ3v) is 3.99. The Labute approximate surface area is 109 Å². The summed E-state index contributed by atoms with van der Waals surface area (Å²) in [5.74, 6) is 1.46. The lowest BCUT2D eigenvalue weighted by Gasteiger charge is -2.37. The summed E-state index contributed by atoms with van der Waals surface area (Å²) in [5.41, 5.74) is -0.507. The Morgan fingerprint density at radius 3 is 2.83 bits per heavy atom. The highest BCUT2D eigenvalue weighted by Gasteiger charge is 2.34. The van der Waals surface area contributed by atoms with E-state index in [9.17, 15) is 5.11 Å². The summed E-state index contributed by atoms with van der Waals surface area (Å²) in [7, 11) is 3.83. The van der Waals surface area contributed by atoms with E-state index in [1.54, 1.807) is 7.05 Å². The van der Waals surface area contributed by atoms with Gasteiger partial charge >= 0.3 is 0 Å². The highest BCUT2D eigenvalue weighted by atomic mass is 16.5.